The van der Waals surface area contributed by atoms with Crippen LogP contribution in [0.4, 0.5) is 9.18 Å². The van der Waals surface area contributed by atoms with Crippen LogP contribution in [-0.2, 0) is 16.7 Å². The molecular weight excluding hydrogens is 425 g/mol. The molecule has 0 bridgehead atoms. The van der Waals surface area contributed by atoms with Gasteiger partial charge in [0.05, 0.1) is 0 Å². The van der Waals surface area contributed by atoms with Crippen LogP contribution in [0, 0.1) is 17.5 Å². The molecule has 2 aromatic heterocycles. The molecule has 1 amide bonds. The molecule has 3 heterocycles. The molecule has 0 radical (unpaired) electrons. The summed E-state index contributed by atoms with van der Waals surface area (Å²) in [4.78, 5) is 20.4. The summed E-state index contributed by atoms with van der Waals surface area (Å²) in [6, 6.07) is 7.60. The van der Waals surface area contributed by atoms with Gasteiger partial charge in [-0.1, -0.05) is 6.07 Å². The molecule has 176 valence electrons. The fourth-order valence-electron chi connectivity index (χ4n) is 4.54. The van der Waals surface area contributed by atoms with E-state index in [0.29, 0.717) is 0 Å². The van der Waals surface area contributed by atoms with Crippen LogP contribution in [0.2, 0.25) is 0 Å². The SMILES string of the molecule is Cc1ccc(C(C)(C)N2CC[C@@](CCc3ccc(F)s3)([C@@H](C)OC(=O)NC(C)C)C2)cn1. The summed E-state index contributed by atoms with van der Waals surface area (Å²) < 4.78 is 19.4. The number of rotatable bonds is 8. The monoisotopic (exact) mass is 461 g/mol. The quantitative estimate of drug-likeness (QED) is 0.550. The van der Waals surface area contributed by atoms with Gasteiger partial charge < -0.3 is 10.1 Å². The standard InChI is InChI=1S/C25H36FN3O2S/c1-17(2)28-23(30)31-19(4)25(12-11-21-9-10-22(26)32-21)13-14-29(16-25)24(5,6)20-8-7-18(3)27-15-20/h7-10,15,17,19H,11-14,16H2,1-6H3,(H,28,30)/t19-,25-/m1/s1. The lowest BCUT2D eigenvalue weighted by Gasteiger charge is -2.40. The Balaban J connectivity index is 1.80. The van der Waals surface area contributed by atoms with Gasteiger partial charge in [-0.05, 0) is 91.1 Å². The maximum absolute atomic E-state index is 13.5. The van der Waals surface area contributed by atoms with Gasteiger partial charge in [-0.2, -0.15) is 4.39 Å². The van der Waals surface area contributed by atoms with Crippen molar-refractivity contribution in [2.45, 2.75) is 78.5 Å². The third kappa shape index (κ3) is 5.67. The maximum atomic E-state index is 13.5. The van der Waals surface area contributed by atoms with Gasteiger partial charge in [-0.15, -0.1) is 11.3 Å². The number of pyridine rings is 1. The first-order chi connectivity index (χ1) is 15.0. The van der Waals surface area contributed by atoms with E-state index in [1.807, 2.05) is 46.0 Å². The topological polar surface area (TPSA) is 54.5 Å². The van der Waals surface area contributed by atoms with E-state index in [4.69, 9.17) is 4.74 Å². The zero-order valence-electron chi connectivity index (χ0n) is 20.1. The number of aromatic nitrogens is 1. The second kappa shape index (κ2) is 9.87. The minimum Gasteiger partial charge on any atom is -0.446 e. The molecule has 1 aliphatic rings. The number of carbonyl (C=O) groups excluding carboxylic acids is 1. The highest BCUT2D eigenvalue weighted by molar-refractivity contribution is 7.10. The number of aryl methyl sites for hydroxylation is 2. The molecule has 2 atom stereocenters. The molecule has 0 aromatic carbocycles. The van der Waals surface area contributed by atoms with Gasteiger partial charge in [0.2, 0.25) is 0 Å². The molecule has 1 aliphatic heterocycles. The van der Waals surface area contributed by atoms with Crippen LogP contribution in [0.5, 0.6) is 0 Å². The van der Waals surface area contributed by atoms with Crippen molar-refractivity contribution in [3.05, 3.63) is 51.7 Å². The van der Waals surface area contributed by atoms with Gasteiger partial charge in [0, 0.05) is 40.3 Å². The molecule has 32 heavy (non-hydrogen) atoms. The van der Waals surface area contributed by atoms with Crippen molar-refractivity contribution in [3.63, 3.8) is 0 Å². The van der Waals surface area contributed by atoms with Gasteiger partial charge in [0.15, 0.2) is 5.13 Å². The van der Waals surface area contributed by atoms with Crippen LogP contribution in [0.25, 0.3) is 0 Å². The van der Waals surface area contributed by atoms with Crippen molar-refractivity contribution in [2.24, 2.45) is 5.41 Å². The van der Waals surface area contributed by atoms with Crippen molar-refractivity contribution < 1.29 is 13.9 Å². The minimum absolute atomic E-state index is 0.0211. The smallest absolute Gasteiger partial charge is 0.407 e. The van der Waals surface area contributed by atoms with Crippen LogP contribution in [0.3, 0.4) is 0 Å². The molecule has 0 spiro atoms. The Morgan fingerprint density at radius 2 is 2.06 bits per heavy atom. The van der Waals surface area contributed by atoms with E-state index >= 15 is 0 Å². The number of hydrogen-bond acceptors (Lipinski definition) is 5. The lowest BCUT2D eigenvalue weighted by atomic mass is 9.77. The molecule has 1 fully saturated rings. The second-order valence-corrected chi connectivity index (χ2v) is 11.0. The maximum Gasteiger partial charge on any atom is 0.407 e. The van der Waals surface area contributed by atoms with Crippen LogP contribution in [0.1, 0.15) is 63.6 Å². The predicted octanol–water partition coefficient (Wildman–Crippen LogP) is 5.67. The van der Waals surface area contributed by atoms with E-state index in [0.717, 1.165) is 42.9 Å². The number of halogens is 1. The Morgan fingerprint density at radius 1 is 1.31 bits per heavy atom. The van der Waals surface area contributed by atoms with Gasteiger partial charge in [-0.3, -0.25) is 9.88 Å². The van der Waals surface area contributed by atoms with Crippen molar-refractivity contribution in [2.75, 3.05) is 13.1 Å². The zero-order chi connectivity index (χ0) is 23.5. The number of alkyl carbamates (subject to hydrolysis) is 1. The molecule has 2 aromatic rings. The normalized spacial score (nSPS) is 20.5. The molecule has 0 saturated carbocycles. The molecule has 0 unspecified atom stereocenters. The van der Waals surface area contributed by atoms with E-state index < -0.39 is 0 Å². The molecule has 7 heteroatoms. The highest BCUT2D eigenvalue weighted by Gasteiger charge is 2.48. The van der Waals surface area contributed by atoms with Gasteiger partial charge in [0.1, 0.15) is 6.10 Å². The highest BCUT2D eigenvalue weighted by atomic mass is 32.1. The number of thiophene rings is 1. The van der Waals surface area contributed by atoms with Gasteiger partial charge in [0.25, 0.3) is 0 Å². The van der Waals surface area contributed by atoms with E-state index in [-0.39, 0.29) is 34.3 Å². The van der Waals surface area contributed by atoms with Crippen molar-refractivity contribution in [3.8, 4) is 0 Å². The van der Waals surface area contributed by atoms with E-state index in [9.17, 15) is 9.18 Å². The zero-order valence-corrected chi connectivity index (χ0v) is 20.9. The number of carbonyl (C=O) groups is 1. The molecule has 3 rings (SSSR count). The third-order valence-corrected chi connectivity index (χ3v) is 7.78. The summed E-state index contributed by atoms with van der Waals surface area (Å²) in [6.07, 6.45) is 3.84. The number of likely N-dealkylation sites (tertiary alicyclic amines) is 1. The summed E-state index contributed by atoms with van der Waals surface area (Å²) in [6.45, 7) is 14.0. The predicted molar refractivity (Wildman–Crippen MR) is 127 cm³/mol. The summed E-state index contributed by atoms with van der Waals surface area (Å²) in [5.41, 5.74) is 1.77. The van der Waals surface area contributed by atoms with E-state index in [1.165, 1.54) is 23.0 Å². The van der Waals surface area contributed by atoms with Crippen LogP contribution in [-0.4, -0.2) is 41.2 Å². The molecular formula is C25H36FN3O2S. The fraction of sp³-hybridized carbons (Fsp3) is 0.600. The van der Waals surface area contributed by atoms with Crippen LogP contribution < -0.4 is 5.32 Å². The highest BCUT2D eigenvalue weighted by Crippen LogP contribution is 2.44. The number of nitrogens with one attached hydrogen (secondary N) is 1. The summed E-state index contributed by atoms with van der Waals surface area (Å²) in [7, 11) is 0. The first-order valence-corrected chi connectivity index (χ1v) is 12.2. The first kappa shape index (κ1) is 24.6. The molecule has 5 nitrogen and oxygen atoms in total. The van der Waals surface area contributed by atoms with Crippen molar-refractivity contribution in [1.82, 2.24) is 15.2 Å². The minimum atomic E-state index is -0.380. The molecule has 0 aliphatic carbocycles. The van der Waals surface area contributed by atoms with Gasteiger partial charge in [-0.25, -0.2) is 4.79 Å². The third-order valence-electron chi connectivity index (χ3n) is 6.84. The lowest BCUT2D eigenvalue weighted by molar-refractivity contribution is 0.00679. The largest absolute Gasteiger partial charge is 0.446 e. The van der Waals surface area contributed by atoms with Crippen molar-refractivity contribution >= 4 is 17.4 Å². The second-order valence-electron chi connectivity index (χ2n) is 9.83. The lowest BCUT2D eigenvalue weighted by Crippen LogP contribution is -2.46. The Labute approximate surface area is 195 Å². The number of amides is 1. The average Bonchev–Trinajstić information content (AvgIpc) is 3.33. The van der Waals surface area contributed by atoms with Crippen LogP contribution >= 0.6 is 11.3 Å². The number of hydrogen-bond donors (Lipinski definition) is 1. The summed E-state index contributed by atoms with van der Waals surface area (Å²) >= 11 is 1.20. The summed E-state index contributed by atoms with van der Waals surface area (Å²) in [5.74, 6) is 0. The van der Waals surface area contributed by atoms with Crippen LogP contribution in [0.15, 0.2) is 30.5 Å². The Hall–Kier alpha value is -1.99. The number of ether oxygens (including phenoxy) is 1. The Bertz CT molecular complexity index is 912. The first-order valence-electron chi connectivity index (χ1n) is 11.4. The molecule has 1 N–H and O–H groups in total. The average molecular weight is 462 g/mol. The van der Waals surface area contributed by atoms with Crippen molar-refractivity contribution in [1.29, 1.82) is 0 Å². The van der Waals surface area contributed by atoms with E-state index in [1.54, 1.807) is 0 Å². The fourth-order valence-corrected chi connectivity index (χ4v) is 5.26. The van der Waals surface area contributed by atoms with E-state index in [2.05, 4.69) is 35.1 Å². The Kier molecular flexibility index (Phi) is 7.61. The molecule has 1 saturated heterocycles. The number of nitrogens with zero attached hydrogens (tertiary/aromatic N) is 2. The Morgan fingerprint density at radius 3 is 2.66 bits per heavy atom. The summed E-state index contributed by atoms with van der Waals surface area (Å²) in [5, 5.41) is 2.68. The van der Waals surface area contributed by atoms with Gasteiger partial charge >= 0.3 is 6.09 Å².